The molecule has 1 atom stereocenters. The monoisotopic (exact) mass is 222 g/mol. The zero-order valence-corrected chi connectivity index (χ0v) is 9.51. The predicted octanol–water partition coefficient (Wildman–Crippen LogP) is 2.34. The van der Waals surface area contributed by atoms with Crippen molar-refractivity contribution in [3.05, 3.63) is 29.6 Å². The first-order valence-corrected chi connectivity index (χ1v) is 6.00. The highest BCUT2D eigenvalue weighted by molar-refractivity contribution is 5.46. The van der Waals surface area contributed by atoms with Gasteiger partial charge in [-0.3, -0.25) is 0 Å². The molecule has 88 valence electrons. The highest BCUT2D eigenvalue weighted by atomic mass is 19.1. The molecule has 0 spiro atoms. The minimum Gasteiger partial charge on any atom is -0.399 e. The maximum Gasteiger partial charge on any atom is 0.123 e. The van der Waals surface area contributed by atoms with Crippen LogP contribution in [0.5, 0.6) is 0 Å². The number of nitrogens with one attached hydrogen (secondary N) is 1. The largest absolute Gasteiger partial charge is 0.399 e. The Bertz CT molecular complexity index is 344. The summed E-state index contributed by atoms with van der Waals surface area (Å²) >= 11 is 0. The van der Waals surface area contributed by atoms with Crippen molar-refractivity contribution < 1.29 is 4.39 Å². The molecule has 2 rings (SSSR count). The van der Waals surface area contributed by atoms with E-state index >= 15 is 0 Å². The van der Waals surface area contributed by atoms with E-state index in [9.17, 15) is 4.39 Å². The third-order valence-corrected chi connectivity index (χ3v) is 3.31. The van der Waals surface area contributed by atoms with Crippen LogP contribution in [0, 0.1) is 11.7 Å². The van der Waals surface area contributed by atoms with Gasteiger partial charge in [-0.05, 0) is 68.5 Å². The summed E-state index contributed by atoms with van der Waals surface area (Å²) in [4.78, 5) is 0. The third-order valence-electron chi connectivity index (χ3n) is 3.31. The van der Waals surface area contributed by atoms with E-state index in [1.807, 2.05) is 0 Å². The van der Waals surface area contributed by atoms with Gasteiger partial charge in [0.15, 0.2) is 0 Å². The number of hydrogen-bond acceptors (Lipinski definition) is 2. The molecule has 3 N–H and O–H groups in total. The van der Waals surface area contributed by atoms with Gasteiger partial charge < -0.3 is 11.1 Å². The second kappa shape index (κ2) is 5.30. The van der Waals surface area contributed by atoms with Crippen LogP contribution in [0.15, 0.2) is 18.2 Å². The van der Waals surface area contributed by atoms with Gasteiger partial charge in [0.05, 0.1) is 0 Å². The minimum atomic E-state index is -0.184. The number of rotatable bonds is 2. The van der Waals surface area contributed by atoms with Gasteiger partial charge in [0.25, 0.3) is 0 Å². The highest BCUT2D eigenvalue weighted by Crippen LogP contribution is 2.23. The van der Waals surface area contributed by atoms with Gasteiger partial charge in [-0.1, -0.05) is 0 Å². The summed E-state index contributed by atoms with van der Waals surface area (Å²) in [5.41, 5.74) is 7.55. The highest BCUT2D eigenvalue weighted by Gasteiger charge is 2.14. The number of halogens is 1. The molecule has 1 heterocycles. The fraction of sp³-hybridized carbons (Fsp3) is 0.538. The van der Waals surface area contributed by atoms with Crippen molar-refractivity contribution in [1.29, 1.82) is 0 Å². The smallest absolute Gasteiger partial charge is 0.123 e. The van der Waals surface area contributed by atoms with E-state index in [1.165, 1.54) is 18.9 Å². The van der Waals surface area contributed by atoms with Crippen molar-refractivity contribution in [2.24, 2.45) is 5.92 Å². The Hall–Kier alpha value is -1.09. The van der Waals surface area contributed by atoms with Gasteiger partial charge in [0.1, 0.15) is 5.82 Å². The Morgan fingerprint density at radius 2 is 2.19 bits per heavy atom. The van der Waals surface area contributed by atoms with Crippen molar-refractivity contribution in [1.82, 2.24) is 5.32 Å². The molecular formula is C13H19FN2. The molecule has 1 saturated heterocycles. The predicted molar refractivity (Wildman–Crippen MR) is 64.7 cm³/mol. The van der Waals surface area contributed by atoms with Crippen LogP contribution in [-0.4, -0.2) is 13.1 Å². The standard InChI is InChI=1S/C13H19FN2/c14-12-3-4-13(15)11(9-12)8-10-2-1-6-16-7-5-10/h3-4,9-10,16H,1-2,5-8,15H2. The zero-order chi connectivity index (χ0) is 11.4. The van der Waals surface area contributed by atoms with Crippen LogP contribution in [-0.2, 0) is 6.42 Å². The lowest BCUT2D eigenvalue weighted by Crippen LogP contribution is -2.14. The Morgan fingerprint density at radius 1 is 1.31 bits per heavy atom. The van der Waals surface area contributed by atoms with Crippen molar-refractivity contribution >= 4 is 5.69 Å². The zero-order valence-electron chi connectivity index (χ0n) is 9.51. The lowest BCUT2D eigenvalue weighted by Gasteiger charge is -2.15. The Kier molecular flexibility index (Phi) is 3.78. The molecule has 1 aromatic rings. The van der Waals surface area contributed by atoms with E-state index in [4.69, 9.17) is 5.73 Å². The van der Waals surface area contributed by atoms with Crippen LogP contribution in [0.3, 0.4) is 0 Å². The maximum atomic E-state index is 13.1. The van der Waals surface area contributed by atoms with Crippen molar-refractivity contribution in [2.45, 2.75) is 25.7 Å². The van der Waals surface area contributed by atoms with Crippen molar-refractivity contribution in [3.8, 4) is 0 Å². The number of hydrogen-bond donors (Lipinski definition) is 2. The molecule has 0 radical (unpaired) electrons. The Labute approximate surface area is 96.0 Å². The molecule has 1 unspecified atom stereocenters. The Balaban J connectivity index is 2.04. The van der Waals surface area contributed by atoms with E-state index in [-0.39, 0.29) is 5.82 Å². The molecule has 0 aromatic heterocycles. The quantitative estimate of drug-likeness (QED) is 0.754. The van der Waals surface area contributed by atoms with Gasteiger partial charge in [-0.25, -0.2) is 4.39 Å². The van der Waals surface area contributed by atoms with Crippen molar-refractivity contribution in [2.75, 3.05) is 18.8 Å². The van der Waals surface area contributed by atoms with Gasteiger partial charge in [0, 0.05) is 5.69 Å². The first-order valence-electron chi connectivity index (χ1n) is 6.00. The van der Waals surface area contributed by atoms with Crippen LogP contribution in [0.4, 0.5) is 10.1 Å². The molecule has 3 heteroatoms. The summed E-state index contributed by atoms with van der Waals surface area (Å²) in [6.45, 7) is 2.18. The normalized spacial score (nSPS) is 21.7. The molecule has 1 aliphatic rings. The molecule has 1 fully saturated rings. The van der Waals surface area contributed by atoms with Crippen molar-refractivity contribution in [3.63, 3.8) is 0 Å². The molecule has 0 saturated carbocycles. The van der Waals surface area contributed by atoms with Crippen LogP contribution in [0.1, 0.15) is 24.8 Å². The second-order valence-electron chi connectivity index (χ2n) is 4.59. The van der Waals surface area contributed by atoms with Crippen LogP contribution in [0.25, 0.3) is 0 Å². The summed E-state index contributed by atoms with van der Waals surface area (Å²) < 4.78 is 13.1. The molecule has 0 amide bonds. The van der Waals surface area contributed by atoms with Gasteiger partial charge >= 0.3 is 0 Å². The van der Waals surface area contributed by atoms with Gasteiger partial charge in [-0.15, -0.1) is 0 Å². The first kappa shape index (κ1) is 11.4. The van der Waals surface area contributed by atoms with Gasteiger partial charge in [-0.2, -0.15) is 0 Å². The fourth-order valence-electron chi connectivity index (χ4n) is 2.36. The minimum absolute atomic E-state index is 0.184. The summed E-state index contributed by atoms with van der Waals surface area (Å²) in [6, 6.07) is 4.67. The summed E-state index contributed by atoms with van der Waals surface area (Å²) in [6.07, 6.45) is 4.49. The molecular weight excluding hydrogens is 203 g/mol. The second-order valence-corrected chi connectivity index (χ2v) is 4.59. The number of nitrogen functional groups attached to an aromatic ring is 1. The third kappa shape index (κ3) is 2.95. The molecule has 0 aliphatic carbocycles. The number of anilines is 1. The topological polar surface area (TPSA) is 38.0 Å². The summed E-state index contributed by atoms with van der Waals surface area (Å²) in [5, 5.41) is 3.38. The maximum absolute atomic E-state index is 13.1. The van der Waals surface area contributed by atoms with Crippen LogP contribution >= 0.6 is 0 Å². The average molecular weight is 222 g/mol. The van der Waals surface area contributed by atoms with E-state index < -0.39 is 0 Å². The summed E-state index contributed by atoms with van der Waals surface area (Å²) in [7, 11) is 0. The Morgan fingerprint density at radius 3 is 3.06 bits per heavy atom. The van der Waals surface area contributed by atoms with Crippen LogP contribution < -0.4 is 11.1 Å². The first-order chi connectivity index (χ1) is 7.75. The number of benzene rings is 1. The molecule has 1 aromatic carbocycles. The lowest BCUT2D eigenvalue weighted by atomic mass is 9.92. The summed E-state index contributed by atoms with van der Waals surface area (Å²) in [5.74, 6) is 0.454. The SMILES string of the molecule is Nc1ccc(F)cc1CC1CCCNCC1. The van der Waals surface area contributed by atoms with E-state index in [0.29, 0.717) is 5.92 Å². The van der Waals surface area contributed by atoms with E-state index in [0.717, 1.165) is 37.2 Å². The number of nitrogens with two attached hydrogens (primary N) is 1. The molecule has 0 bridgehead atoms. The average Bonchev–Trinajstić information content (AvgIpc) is 2.52. The van der Waals surface area contributed by atoms with E-state index in [1.54, 1.807) is 12.1 Å². The molecule has 1 aliphatic heterocycles. The van der Waals surface area contributed by atoms with Crippen LogP contribution in [0.2, 0.25) is 0 Å². The fourth-order valence-corrected chi connectivity index (χ4v) is 2.36. The molecule has 16 heavy (non-hydrogen) atoms. The van der Waals surface area contributed by atoms with Gasteiger partial charge in [0.2, 0.25) is 0 Å². The lowest BCUT2D eigenvalue weighted by molar-refractivity contribution is 0.469. The molecule has 2 nitrogen and oxygen atoms in total. The van der Waals surface area contributed by atoms with E-state index in [2.05, 4.69) is 5.32 Å².